The first-order valence-electron chi connectivity index (χ1n) is 5.59. The molecule has 0 bridgehead atoms. The average Bonchev–Trinajstić information content (AvgIpc) is 1.98. The van der Waals surface area contributed by atoms with E-state index in [1.165, 1.54) is 4.90 Å². The first-order valence-corrected chi connectivity index (χ1v) is 5.59. The topological polar surface area (TPSA) is 3.24 Å². The Morgan fingerprint density at radius 2 is 0.417 bits per heavy atom. The minimum absolute atomic E-state index is 0. The van der Waals surface area contributed by atoms with E-state index in [-0.39, 0.29) is 537 Å². The molecule has 0 saturated heterocycles. The van der Waals surface area contributed by atoms with Gasteiger partial charge in [0.1, 0.15) is 0 Å². The van der Waals surface area contributed by atoms with Gasteiger partial charge in [-0.05, 0) is 0 Å². The first kappa shape index (κ1) is 148. The molecule has 17 heteroatoms. The molecule has 0 aromatic rings. The quantitative estimate of drug-likeness (QED) is 0.287. The molecule has 0 spiro atoms. The molecular weight excluding hydrogens is 1660 g/mol. The summed E-state index contributed by atoms with van der Waals surface area (Å²) < 4.78 is 0. The van der Waals surface area contributed by atoms with Gasteiger partial charge in [0, 0.05) is 523 Å². The Morgan fingerprint density at radius 3 is 0.417 bits per heavy atom. The van der Waals surface area contributed by atoms with Gasteiger partial charge in [0.25, 0.3) is 0 Å². The third-order valence-electron chi connectivity index (χ3n) is 0. The molecular formula is C19H36NY16-15. The van der Waals surface area contributed by atoms with E-state index in [0.29, 0.717) is 0 Å². The second-order valence-electron chi connectivity index (χ2n) is 3.74. The molecule has 0 fully saturated rings. The third kappa shape index (κ3) is 426. The van der Waals surface area contributed by atoms with Crippen molar-refractivity contribution < 1.29 is 523 Å². The Balaban J connectivity index is -0.00000000306. The fraction of sp³-hybridized carbons (Fsp3) is 0.211. The Bertz CT molecular complexity index is 115. The zero-order chi connectivity index (χ0) is 17.1. The zero-order valence-electron chi connectivity index (χ0n) is 23.1. The van der Waals surface area contributed by atoms with Crippen molar-refractivity contribution in [2.24, 2.45) is 11.3 Å². The maximum Gasteiger partial charge on any atom is 0 e. The van der Waals surface area contributed by atoms with Gasteiger partial charge in [-0.25, -0.2) is 0 Å². The van der Waals surface area contributed by atoms with Crippen molar-refractivity contribution in [2.45, 2.75) is 12.8 Å². The van der Waals surface area contributed by atoms with Gasteiger partial charge in [-0.3, -0.25) is 0 Å². The Morgan fingerprint density at radius 1 is 0.417 bits per heavy atom. The van der Waals surface area contributed by atoms with Crippen LogP contribution in [0.1, 0.15) is 12.8 Å². The van der Waals surface area contributed by atoms with Crippen molar-refractivity contribution in [2.75, 3.05) is 0 Å². The number of nitrogens with zero attached hydrogens (tertiary/aromatic N) is 1. The summed E-state index contributed by atoms with van der Waals surface area (Å²) in [5.41, 5.74) is -0.500. The SMILES string of the molecule is [CH2-]C([CH2-])([CH2-])[CH2-].[CH2-]C([CH2-])[CH2-].[CH2-]C[CH2-].[CH2-]C[CH2-].[CH2-]N([CH2-])[CH2-].[CH3-].[Y].[Y].[Y].[Y].[Y].[Y].[Y].[Y].[Y].[Y].[Y].[Y].[Y].[Y].[Y].[Y]. The predicted molar refractivity (Wildman–Crippen MR) is 98.4 cm³/mol. The van der Waals surface area contributed by atoms with Crippen LogP contribution >= 0.6 is 0 Å². The number of hydrogen-bond donors (Lipinski definition) is 0. The molecule has 0 aromatic heterocycles. The van der Waals surface area contributed by atoms with Crippen LogP contribution in [-0.4, -0.2) is 4.90 Å². The molecule has 0 saturated carbocycles. The smallest absolute Gasteiger partial charge is 0 e. The Labute approximate surface area is 636 Å². The summed E-state index contributed by atoms with van der Waals surface area (Å²) in [6.07, 6.45) is 1.50. The molecule has 0 aromatic carbocycles. The van der Waals surface area contributed by atoms with Crippen LogP contribution in [-0.2, 0) is 523 Å². The van der Waals surface area contributed by atoms with E-state index in [1.807, 2.05) is 0 Å². The normalized spacial score (nSPS) is 4.67. The van der Waals surface area contributed by atoms with E-state index in [2.05, 4.69) is 97.3 Å². The minimum atomic E-state index is -0.500. The van der Waals surface area contributed by atoms with E-state index < -0.39 is 5.41 Å². The van der Waals surface area contributed by atoms with Crippen molar-refractivity contribution in [1.29, 1.82) is 0 Å². The Hall–Kier alpha value is 17.6. The van der Waals surface area contributed by atoms with Crippen molar-refractivity contribution in [3.63, 3.8) is 0 Å². The van der Waals surface area contributed by atoms with Gasteiger partial charge < -0.3 is 134 Å². The first-order chi connectivity index (χ1) is 8.29. The van der Waals surface area contributed by atoms with E-state index >= 15 is 0 Å². The predicted octanol–water partition coefficient (Wildman–Crippen LogP) is 5.58. The van der Waals surface area contributed by atoms with Crippen LogP contribution in [0.2, 0.25) is 0 Å². The second-order valence-corrected chi connectivity index (χ2v) is 3.74. The van der Waals surface area contributed by atoms with Crippen molar-refractivity contribution >= 4 is 0 Å². The molecule has 1 nitrogen and oxygen atoms in total. The summed E-state index contributed by atoms with van der Waals surface area (Å²) in [5.74, 6) is 0.0833. The van der Waals surface area contributed by atoms with Crippen LogP contribution in [0.25, 0.3) is 0 Å². The molecule has 0 aliphatic heterocycles. The van der Waals surface area contributed by atoms with Gasteiger partial charge in [0.15, 0.2) is 0 Å². The monoisotopic (exact) mass is 1700 g/mol. The summed E-state index contributed by atoms with van der Waals surface area (Å²) in [6.45, 7) is 37.5. The fourth-order valence-corrected chi connectivity index (χ4v) is 0. The van der Waals surface area contributed by atoms with Crippen molar-refractivity contribution in [3.05, 3.63) is 105 Å². The van der Waals surface area contributed by atoms with E-state index in [4.69, 9.17) is 0 Å². The summed E-state index contributed by atoms with van der Waals surface area (Å²) in [5, 5.41) is 0. The van der Waals surface area contributed by atoms with Crippen LogP contribution in [0.4, 0.5) is 0 Å². The van der Waals surface area contributed by atoms with Crippen LogP contribution in [0.3, 0.4) is 0 Å². The molecule has 0 aliphatic carbocycles. The second kappa shape index (κ2) is 140. The van der Waals surface area contributed by atoms with Gasteiger partial charge in [0.05, 0.1) is 0 Å². The van der Waals surface area contributed by atoms with E-state index in [1.54, 1.807) is 0 Å². The Kier molecular flexibility index (Phi) is 578. The van der Waals surface area contributed by atoms with E-state index in [0.717, 1.165) is 12.8 Å². The van der Waals surface area contributed by atoms with Gasteiger partial charge in [-0.1, -0.05) is 0 Å². The molecule has 36 heavy (non-hydrogen) atoms. The van der Waals surface area contributed by atoms with Gasteiger partial charge in [-0.2, -0.15) is 0 Å². The summed E-state index contributed by atoms with van der Waals surface area (Å²) in [4.78, 5) is 1.25. The zero-order valence-corrected chi connectivity index (χ0v) is 68.5. The van der Waals surface area contributed by atoms with Crippen LogP contribution < -0.4 is 0 Å². The summed E-state index contributed by atoms with van der Waals surface area (Å²) in [6, 6.07) is 0. The van der Waals surface area contributed by atoms with Crippen LogP contribution in [0.5, 0.6) is 0 Å². The van der Waals surface area contributed by atoms with Crippen molar-refractivity contribution in [3.8, 4) is 0 Å². The molecule has 0 N–H and O–H groups in total. The average molecular weight is 1700 g/mol. The standard InChI is InChI=1S/C5H8.C4H7.C3H6N.2C3H6.CH3.16Y/c1-5(2,3)4;2*1-4(2)3;2*1-3-2;;;;;;;;;;;;;;;;;/h1-4H2;4H,1-3H2;1-3H2;2*1-3H2;1H3;;;;;;;;;;;;;;;;/q-4;2*-3;2*-2;-1;;;;;;;;;;;;;;;;. The largest absolute Gasteiger partial charge is 0.770 e. The molecule has 180 valence electrons. The van der Waals surface area contributed by atoms with Gasteiger partial charge in [-0.15, -0.1) is 0 Å². The van der Waals surface area contributed by atoms with Gasteiger partial charge in [0.2, 0.25) is 0 Å². The number of rotatable bonds is 0. The van der Waals surface area contributed by atoms with Crippen molar-refractivity contribution in [1.82, 2.24) is 4.90 Å². The molecule has 0 rings (SSSR count). The summed E-state index contributed by atoms with van der Waals surface area (Å²) in [7, 11) is 9.75. The summed E-state index contributed by atoms with van der Waals surface area (Å²) >= 11 is 0. The third-order valence-corrected chi connectivity index (χ3v) is 0. The van der Waals surface area contributed by atoms with Crippen LogP contribution in [0, 0.1) is 116 Å². The molecule has 0 amide bonds. The number of hydrogen-bond acceptors (Lipinski definition) is 1. The maximum atomic E-state index is 3.44. The van der Waals surface area contributed by atoms with Crippen LogP contribution in [0.15, 0.2) is 0 Å². The molecule has 0 heterocycles. The van der Waals surface area contributed by atoms with E-state index in [9.17, 15) is 0 Å². The molecule has 0 atom stereocenters. The molecule has 0 unspecified atom stereocenters. The molecule has 0 aliphatic rings. The molecule has 16 radical (unpaired) electrons. The fourth-order valence-electron chi connectivity index (χ4n) is 0. The maximum absolute atomic E-state index is 3.44. The van der Waals surface area contributed by atoms with Gasteiger partial charge >= 0.3 is 0 Å². The minimum Gasteiger partial charge on any atom is -0.770 e.